The predicted octanol–water partition coefficient (Wildman–Crippen LogP) is 3.76. The number of nitrogens with zero attached hydrogens (tertiary/aromatic N) is 1. The van der Waals surface area contributed by atoms with Gasteiger partial charge in [-0.15, -0.1) is 35.1 Å². The van der Waals surface area contributed by atoms with Gasteiger partial charge in [0.2, 0.25) is 0 Å². The van der Waals surface area contributed by atoms with Gasteiger partial charge >= 0.3 is 0 Å². The summed E-state index contributed by atoms with van der Waals surface area (Å²) >= 11 is 10.2. The Labute approximate surface area is 123 Å². The zero-order chi connectivity index (χ0) is 12.4. The molecule has 1 nitrogen and oxygen atoms in total. The third kappa shape index (κ3) is 2.43. The minimum absolute atomic E-state index is 0.263. The van der Waals surface area contributed by atoms with Gasteiger partial charge in [0, 0.05) is 25.5 Å². The summed E-state index contributed by atoms with van der Waals surface area (Å²) in [7, 11) is 0. The molecule has 2 heterocycles. The van der Waals surface area contributed by atoms with Gasteiger partial charge in [0.05, 0.1) is 4.08 Å². The molecule has 0 amide bonds. The van der Waals surface area contributed by atoms with Gasteiger partial charge in [0.15, 0.2) is 0 Å². The molecule has 1 aromatic rings. The molecule has 1 spiro atoms. The average molecular weight is 300 g/mol. The van der Waals surface area contributed by atoms with E-state index in [-0.39, 0.29) is 4.08 Å². The summed E-state index contributed by atoms with van der Waals surface area (Å²) in [6.07, 6.45) is 1.34. The molecule has 0 bridgehead atoms. The Morgan fingerprint density at radius 3 is 2.78 bits per heavy atom. The summed E-state index contributed by atoms with van der Waals surface area (Å²) in [6, 6.07) is 8.97. The lowest BCUT2D eigenvalue weighted by Gasteiger charge is -2.45. The lowest BCUT2D eigenvalue weighted by Crippen LogP contribution is -2.44. The molecule has 1 saturated heterocycles. The van der Waals surface area contributed by atoms with Gasteiger partial charge in [0.25, 0.3) is 0 Å². The highest BCUT2D eigenvalue weighted by atomic mass is 35.5. The van der Waals surface area contributed by atoms with E-state index in [1.807, 2.05) is 0 Å². The molecule has 0 aromatic heterocycles. The van der Waals surface area contributed by atoms with E-state index in [2.05, 4.69) is 52.7 Å². The lowest BCUT2D eigenvalue weighted by molar-refractivity contribution is 0.258. The highest BCUT2D eigenvalue weighted by molar-refractivity contribution is 8.18. The molecule has 0 aliphatic carbocycles. The topological polar surface area (TPSA) is 3.24 Å². The van der Waals surface area contributed by atoms with Gasteiger partial charge in [0.1, 0.15) is 0 Å². The van der Waals surface area contributed by atoms with Crippen LogP contribution in [0.3, 0.4) is 0 Å². The Bertz CT molecular complexity index is 418. The van der Waals surface area contributed by atoms with E-state index in [9.17, 15) is 0 Å². The minimum Gasteiger partial charge on any atom is -0.295 e. The molecule has 0 radical (unpaired) electrons. The Morgan fingerprint density at radius 2 is 2.00 bits per heavy atom. The Kier molecular flexibility index (Phi) is 4.14. The number of halogens is 1. The molecule has 0 unspecified atom stereocenters. The van der Waals surface area contributed by atoms with Crippen LogP contribution in [0.1, 0.15) is 17.5 Å². The van der Waals surface area contributed by atoms with Crippen molar-refractivity contribution in [2.45, 2.75) is 17.0 Å². The fraction of sp³-hybridized carbons (Fsp3) is 0.571. The third-order valence-electron chi connectivity index (χ3n) is 3.61. The maximum absolute atomic E-state index is 5.93. The maximum atomic E-state index is 5.93. The van der Waals surface area contributed by atoms with E-state index < -0.39 is 0 Å². The van der Waals surface area contributed by atoms with Gasteiger partial charge in [-0.3, -0.25) is 4.90 Å². The highest BCUT2D eigenvalue weighted by Gasteiger charge is 2.41. The molecule has 3 rings (SSSR count). The monoisotopic (exact) mass is 299 g/mol. The summed E-state index contributed by atoms with van der Waals surface area (Å²) in [5.41, 5.74) is 3.06. The molecular weight excluding hydrogens is 282 g/mol. The van der Waals surface area contributed by atoms with E-state index >= 15 is 0 Å². The first-order valence-electron chi connectivity index (χ1n) is 6.49. The van der Waals surface area contributed by atoms with Gasteiger partial charge in [-0.2, -0.15) is 0 Å². The van der Waals surface area contributed by atoms with Crippen molar-refractivity contribution >= 4 is 35.1 Å². The summed E-state index contributed by atoms with van der Waals surface area (Å²) in [6.45, 7) is 3.20. The van der Waals surface area contributed by atoms with E-state index in [0.717, 1.165) is 25.5 Å². The zero-order valence-corrected chi connectivity index (χ0v) is 12.8. The Morgan fingerprint density at radius 1 is 1.22 bits per heavy atom. The van der Waals surface area contributed by atoms with Crippen LogP contribution in [-0.2, 0) is 10.6 Å². The molecule has 0 saturated carbocycles. The van der Waals surface area contributed by atoms with Crippen LogP contribution in [-0.4, -0.2) is 35.4 Å². The number of hydrogen-bond donors (Lipinski definition) is 0. The van der Waals surface area contributed by atoms with Gasteiger partial charge in [-0.25, -0.2) is 0 Å². The number of fused-ring (bicyclic) bond motifs is 2. The number of rotatable bonds is 2. The average Bonchev–Trinajstić information content (AvgIpc) is 2.40. The summed E-state index contributed by atoms with van der Waals surface area (Å²) in [5.74, 6) is 3.31. The molecule has 1 aromatic carbocycles. The van der Waals surface area contributed by atoms with E-state index in [1.165, 1.54) is 23.5 Å². The molecule has 0 N–H and O–H groups in total. The van der Waals surface area contributed by atoms with Crippen LogP contribution in [0.5, 0.6) is 0 Å². The van der Waals surface area contributed by atoms with Gasteiger partial charge in [-0.05, 0) is 29.1 Å². The smallest absolute Gasteiger partial charge is 0.0989 e. The zero-order valence-electron chi connectivity index (χ0n) is 10.4. The minimum atomic E-state index is 0.263. The van der Waals surface area contributed by atoms with E-state index in [4.69, 9.17) is 11.6 Å². The van der Waals surface area contributed by atoms with Crippen molar-refractivity contribution in [2.24, 2.45) is 0 Å². The van der Waals surface area contributed by atoms with Crippen molar-refractivity contribution in [1.29, 1.82) is 0 Å². The third-order valence-corrected chi connectivity index (χ3v) is 7.11. The molecule has 18 heavy (non-hydrogen) atoms. The molecular formula is C14H18ClNS2. The second kappa shape index (κ2) is 5.66. The van der Waals surface area contributed by atoms with Crippen molar-refractivity contribution < 1.29 is 0 Å². The molecule has 2 aliphatic heterocycles. The molecule has 1 fully saturated rings. The SMILES string of the molecule is ClCCN1Cc2ccccc2C2(C1)SCCCS2. The Balaban J connectivity index is 1.96. The number of benzene rings is 1. The van der Waals surface area contributed by atoms with Crippen molar-refractivity contribution in [2.75, 3.05) is 30.5 Å². The van der Waals surface area contributed by atoms with Crippen LogP contribution in [0.2, 0.25) is 0 Å². The first-order chi connectivity index (χ1) is 8.84. The van der Waals surface area contributed by atoms with Crippen molar-refractivity contribution in [3.8, 4) is 0 Å². The van der Waals surface area contributed by atoms with Crippen LogP contribution in [0.15, 0.2) is 24.3 Å². The molecule has 0 atom stereocenters. The number of hydrogen-bond acceptors (Lipinski definition) is 3. The standard InChI is InChI=1S/C14H18ClNS2/c15-6-7-16-10-12-4-1-2-5-13(12)14(11-16)17-8-3-9-18-14/h1-2,4-5H,3,6-11H2. The van der Waals surface area contributed by atoms with Crippen LogP contribution < -0.4 is 0 Å². The summed E-state index contributed by atoms with van der Waals surface area (Å²) in [4.78, 5) is 2.51. The second-order valence-corrected chi connectivity index (χ2v) is 8.28. The van der Waals surface area contributed by atoms with Crippen molar-refractivity contribution in [3.63, 3.8) is 0 Å². The first-order valence-corrected chi connectivity index (χ1v) is 8.99. The van der Waals surface area contributed by atoms with Crippen molar-refractivity contribution in [1.82, 2.24) is 4.90 Å². The van der Waals surface area contributed by atoms with Crippen LogP contribution in [0.4, 0.5) is 0 Å². The largest absolute Gasteiger partial charge is 0.295 e. The van der Waals surface area contributed by atoms with E-state index in [1.54, 1.807) is 5.56 Å². The summed E-state index contributed by atoms with van der Waals surface area (Å²) < 4.78 is 0.263. The van der Waals surface area contributed by atoms with Crippen LogP contribution in [0.25, 0.3) is 0 Å². The fourth-order valence-electron chi connectivity index (χ4n) is 2.81. The first kappa shape index (κ1) is 13.2. The van der Waals surface area contributed by atoms with Crippen LogP contribution >= 0.6 is 35.1 Å². The molecule has 4 heteroatoms. The van der Waals surface area contributed by atoms with E-state index in [0.29, 0.717) is 0 Å². The molecule has 98 valence electrons. The number of alkyl halides is 1. The van der Waals surface area contributed by atoms with Gasteiger partial charge in [-0.1, -0.05) is 24.3 Å². The van der Waals surface area contributed by atoms with Crippen molar-refractivity contribution in [3.05, 3.63) is 35.4 Å². The highest BCUT2D eigenvalue weighted by Crippen LogP contribution is 2.53. The summed E-state index contributed by atoms with van der Waals surface area (Å²) in [5, 5.41) is 0. The number of thioether (sulfide) groups is 2. The normalized spacial score (nSPS) is 22.9. The van der Waals surface area contributed by atoms with Gasteiger partial charge < -0.3 is 0 Å². The quantitative estimate of drug-likeness (QED) is 0.766. The Hall–Kier alpha value is 0.170. The lowest BCUT2D eigenvalue weighted by atomic mass is 9.99. The predicted molar refractivity (Wildman–Crippen MR) is 83.7 cm³/mol. The maximum Gasteiger partial charge on any atom is 0.0989 e. The van der Waals surface area contributed by atoms with Crippen LogP contribution in [0, 0.1) is 0 Å². The molecule has 2 aliphatic rings. The second-order valence-electron chi connectivity index (χ2n) is 4.86. The fourth-order valence-corrected chi connectivity index (χ4v) is 6.55.